The molecule has 1 aliphatic heterocycles. The summed E-state index contributed by atoms with van der Waals surface area (Å²) < 4.78 is 5.59. The molecule has 0 aliphatic carbocycles. The fourth-order valence-corrected chi connectivity index (χ4v) is 4.23. The number of hydrogen-bond acceptors (Lipinski definition) is 9. The van der Waals surface area contributed by atoms with Crippen molar-refractivity contribution in [1.29, 1.82) is 0 Å². The lowest BCUT2D eigenvalue weighted by molar-refractivity contribution is 0.0682. The Morgan fingerprint density at radius 1 is 1.11 bits per heavy atom. The summed E-state index contributed by atoms with van der Waals surface area (Å²) in [5.41, 5.74) is 9.81. The van der Waals surface area contributed by atoms with Crippen LogP contribution in [0.5, 0.6) is 5.75 Å². The molecule has 0 saturated carbocycles. The maximum atomic E-state index is 11.0. The third-order valence-corrected chi connectivity index (χ3v) is 5.92. The van der Waals surface area contributed by atoms with E-state index in [0.29, 0.717) is 45.5 Å². The van der Waals surface area contributed by atoms with Gasteiger partial charge >= 0.3 is 11.9 Å². The fourth-order valence-electron chi connectivity index (χ4n) is 4.23. The number of carboxylic acids is 2. The Labute approximate surface area is 203 Å². The van der Waals surface area contributed by atoms with Gasteiger partial charge in [0.25, 0.3) is 0 Å². The minimum atomic E-state index is -1.05. The minimum absolute atomic E-state index is 0.000734. The number of carboxylic acid groups (broad SMARTS) is 2. The smallest absolute Gasteiger partial charge is 0.354 e. The molecule has 4 aromatic heterocycles. The van der Waals surface area contributed by atoms with Crippen molar-refractivity contribution in [3.05, 3.63) is 53.0 Å². The zero-order valence-corrected chi connectivity index (χ0v) is 19.3. The first kappa shape index (κ1) is 22.8. The summed E-state index contributed by atoms with van der Waals surface area (Å²) >= 11 is 0. The molecule has 5 heterocycles. The molecule has 6 N–H and O–H groups in total. The molecule has 36 heavy (non-hydrogen) atoms. The van der Waals surface area contributed by atoms with Crippen molar-refractivity contribution in [2.75, 3.05) is 24.7 Å². The highest BCUT2D eigenvalue weighted by Crippen LogP contribution is 2.37. The molecule has 12 nitrogen and oxygen atoms in total. The van der Waals surface area contributed by atoms with Gasteiger partial charge in [0.1, 0.15) is 28.6 Å². The zero-order chi connectivity index (χ0) is 25.6. The predicted octanol–water partition coefficient (Wildman–Crippen LogP) is 3.00. The Morgan fingerprint density at radius 3 is 2.64 bits per heavy atom. The van der Waals surface area contributed by atoms with Crippen LogP contribution in [0.1, 0.15) is 32.1 Å². The van der Waals surface area contributed by atoms with E-state index < -0.39 is 11.9 Å². The van der Waals surface area contributed by atoms with Crippen LogP contribution in [-0.4, -0.2) is 61.0 Å². The van der Waals surface area contributed by atoms with Gasteiger partial charge in [0, 0.05) is 35.5 Å². The third kappa shape index (κ3) is 3.74. The number of pyridine rings is 3. The second-order valence-electron chi connectivity index (χ2n) is 8.11. The maximum absolute atomic E-state index is 11.0. The number of aryl methyl sites for hydroxylation is 1. The number of hydrogen-bond donors (Lipinski definition) is 5. The summed E-state index contributed by atoms with van der Waals surface area (Å²) in [5, 5.41) is 30.1. The molecule has 182 valence electrons. The van der Waals surface area contributed by atoms with Crippen LogP contribution in [0.15, 0.2) is 30.5 Å². The number of carbonyl (C=O) groups is 2. The van der Waals surface area contributed by atoms with E-state index in [1.54, 1.807) is 19.2 Å². The number of nitrogen functional groups attached to an aromatic ring is 1. The first-order valence-corrected chi connectivity index (χ1v) is 10.9. The summed E-state index contributed by atoms with van der Waals surface area (Å²) in [6.45, 7) is 2.44. The molecule has 0 amide bonds. The first-order valence-electron chi connectivity index (χ1n) is 10.9. The zero-order valence-electron chi connectivity index (χ0n) is 19.3. The molecular weight excluding hydrogens is 466 g/mol. The number of nitrogens with two attached hydrogens (primary N) is 1. The van der Waals surface area contributed by atoms with Crippen LogP contribution in [-0.2, 0) is 6.42 Å². The molecule has 6 rings (SSSR count). The fraction of sp³-hybridized carbons (Fsp3) is 0.167. The lowest BCUT2D eigenvalue weighted by atomic mass is 10.1. The van der Waals surface area contributed by atoms with Gasteiger partial charge in [-0.15, -0.1) is 0 Å². The van der Waals surface area contributed by atoms with Crippen molar-refractivity contribution in [2.45, 2.75) is 13.3 Å². The average Bonchev–Trinajstić information content (AvgIpc) is 3.51. The van der Waals surface area contributed by atoms with E-state index in [1.807, 2.05) is 6.92 Å². The van der Waals surface area contributed by atoms with Crippen LogP contribution in [0.3, 0.4) is 0 Å². The van der Waals surface area contributed by atoms with E-state index in [2.05, 4.69) is 30.5 Å². The van der Waals surface area contributed by atoms with E-state index >= 15 is 0 Å². The van der Waals surface area contributed by atoms with E-state index in [9.17, 15) is 9.59 Å². The number of H-pyrrole nitrogens is 1. The van der Waals surface area contributed by atoms with Gasteiger partial charge in [-0.2, -0.15) is 5.10 Å². The Kier molecular flexibility index (Phi) is 5.47. The molecule has 0 radical (unpaired) electrons. The second-order valence-corrected chi connectivity index (χ2v) is 8.11. The van der Waals surface area contributed by atoms with Crippen molar-refractivity contribution in [2.24, 2.45) is 0 Å². The molecule has 0 saturated heterocycles. The van der Waals surface area contributed by atoms with Gasteiger partial charge in [0.05, 0.1) is 34.8 Å². The third-order valence-electron chi connectivity index (χ3n) is 5.92. The van der Waals surface area contributed by atoms with Crippen molar-refractivity contribution >= 4 is 56.3 Å². The Morgan fingerprint density at radius 2 is 1.92 bits per heavy atom. The highest BCUT2D eigenvalue weighted by molar-refractivity contribution is 6.10. The van der Waals surface area contributed by atoms with Crippen molar-refractivity contribution in [1.82, 2.24) is 25.1 Å². The molecule has 0 bridgehead atoms. The second kappa shape index (κ2) is 8.65. The van der Waals surface area contributed by atoms with Gasteiger partial charge in [-0.3, -0.25) is 5.10 Å². The maximum Gasteiger partial charge on any atom is 0.354 e. The van der Waals surface area contributed by atoms with Crippen LogP contribution >= 0.6 is 0 Å². The van der Waals surface area contributed by atoms with Crippen LogP contribution < -0.4 is 15.8 Å². The van der Waals surface area contributed by atoms with Gasteiger partial charge in [-0.05, 0) is 31.2 Å². The van der Waals surface area contributed by atoms with E-state index in [1.165, 1.54) is 18.3 Å². The number of fused-ring (bicyclic) bond motifs is 6. The van der Waals surface area contributed by atoms with Crippen LogP contribution in [0.25, 0.3) is 32.7 Å². The summed E-state index contributed by atoms with van der Waals surface area (Å²) in [7, 11) is 1.80. The number of aromatic nitrogens is 5. The number of aromatic carboxylic acids is 2. The first-order chi connectivity index (χ1) is 17.3. The quantitative estimate of drug-likeness (QED) is 0.251. The Balaban J connectivity index is 0.000000148. The number of nitrogens with zero attached hydrogens (tertiary/aromatic N) is 4. The average molecular weight is 487 g/mol. The molecule has 5 aromatic rings. The van der Waals surface area contributed by atoms with E-state index in [-0.39, 0.29) is 11.3 Å². The summed E-state index contributed by atoms with van der Waals surface area (Å²) in [4.78, 5) is 34.5. The largest absolute Gasteiger partial charge is 0.492 e. The summed E-state index contributed by atoms with van der Waals surface area (Å²) in [6, 6.07) is 6.21. The predicted molar refractivity (Wildman–Crippen MR) is 133 cm³/mol. The van der Waals surface area contributed by atoms with Gasteiger partial charge in [0.2, 0.25) is 0 Å². The SMILES string of the molecule is CNc1nc2cnc(C(=O)O)cc2c2c1CCO2.Cc1[nH]nc2c1c(N)nc1ccc(C(=O)O)cc12. The molecule has 0 atom stereocenters. The molecule has 0 fully saturated rings. The van der Waals surface area contributed by atoms with Gasteiger partial charge < -0.3 is 26.0 Å². The van der Waals surface area contributed by atoms with Crippen LogP contribution in [0.2, 0.25) is 0 Å². The topological polar surface area (TPSA) is 189 Å². The molecular formula is C24H21N7O5. The lowest BCUT2D eigenvalue weighted by Gasteiger charge is -2.09. The van der Waals surface area contributed by atoms with Crippen molar-refractivity contribution < 1.29 is 24.5 Å². The number of benzene rings is 1. The molecule has 0 spiro atoms. The van der Waals surface area contributed by atoms with Crippen LogP contribution in [0.4, 0.5) is 11.6 Å². The van der Waals surface area contributed by atoms with E-state index in [0.717, 1.165) is 28.9 Å². The molecule has 0 unspecified atom stereocenters. The number of ether oxygens (including phenoxy) is 1. The molecule has 1 aliphatic rings. The van der Waals surface area contributed by atoms with Gasteiger partial charge in [-0.1, -0.05) is 0 Å². The number of rotatable bonds is 3. The minimum Gasteiger partial charge on any atom is -0.492 e. The van der Waals surface area contributed by atoms with Gasteiger partial charge in [-0.25, -0.2) is 24.5 Å². The lowest BCUT2D eigenvalue weighted by Crippen LogP contribution is -2.02. The summed E-state index contributed by atoms with van der Waals surface area (Å²) in [5.74, 6) is -0.156. The highest BCUT2D eigenvalue weighted by Gasteiger charge is 2.22. The van der Waals surface area contributed by atoms with Gasteiger partial charge in [0.15, 0.2) is 0 Å². The van der Waals surface area contributed by atoms with E-state index in [4.69, 9.17) is 20.7 Å². The normalized spacial score (nSPS) is 12.2. The Bertz CT molecular complexity index is 1700. The van der Waals surface area contributed by atoms with Crippen LogP contribution in [0, 0.1) is 6.92 Å². The number of aromatic amines is 1. The Hall–Kier alpha value is -5.00. The monoisotopic (exact) mass is 487 g/mol. The van der Waals surface area contributed by atoms with Crippen molar-refractivity contribution in [3.63, 3.8) is 0 Å². The standard InChI is InChI=1S/C12H10N4O2.C12H11N3O3/c1-5-9-10(16-15-5)7-4-6(12(17)18)2-3-8(7)14-11(9)13;1-13-11-6-2-3-18-10(6)7-4-8(12(16)17)14-5-9(7)15-11/h2-4H,1H3,(H2,13,14)(H,15,16)(H,17,18);4-5H,2-3H2,1H3,(H,13,15)(H,16,17). The molecule has 1 aromatic carbocycles. The summed E-state index contributed by atoms with van der Waals surface area (Å²) in [6.07, 6.45) is 2.24. The molecule has 12 heteroatoms. The highest BCUT2D eigenvalue weighted by atomic mass is 16.5. The van der Waals surface area contributed by atoms with Crippen molar-refractivity contribution in [3.8, 4) is 5.75 Å². The number of nitrogens with one attached hydrogen (secondary N) is 2. The number of anilines is 2.